The van der Waals surface area contributed by atoms with Crippen LogP contribution in [-0.2, 0) is 19.1 Å². The van der Waals surface area contributed by atoms with Crippen molar-refractivity contribution in [3.63, 3.8) is 0 Å². The number of anilines is 1. The van der Waals surface area contributed by atoms with Crippen LogP contribution in [0.4, 0.5) is 5.69 Å². The van der Waals surface area contributed by atoms with E-state index >= 15 is 0 Å². The standard InChI is InChI=1S/C20H21NO6/c1-14-5-3-4-6-17(14)26-12-11-19(23)27-13-18(22)21-16-9-7-15(8-10-16)20(24)25-2/h3-10H,11-13H2,1-2H3,(H,21,22). The van der Waals surface area contributed by atoms with Gasteiger partial charge in [0.15, 0.2) is 6.61 Å². The third-order valence-corrected chi connectivity index (χ3v) is 3.61. The zero-order valence-electron chi connectivity index (χ0n) is 15.2. The predicted octanol–water partition coefficient (Wildman–Crippen LogP) is 2.73. The zero-order valence-corrected chi connectivity index (χ0v) is 15.2. The summed E-state index contributed by atoms with van der Waals surface area (Å²) < 4.78 is 15.0. The van der Waals surface area contributed by atoms with Gasteiger partial charge in [0.1, 0.15) is 5.75 Å². The second kappa shape index (κ2) is 9.96. The van der Waals surface area contributed by atoms with E-state index in [1.54, 1.807) is 12.1 Å². The number of amides is 1. The molecule has 2 aromatic carbocycles. The molecule has 7 nitrogen and oxygen atoms in total. The third-order valence-electron chi connectivity index (χ3n) is 3.61. The highest BCUT2D eigenvalue weighted by Crippen LogP contribution is 2.16. The molecule has 0 saturated heterocycles. The quantitative estimate of drug-likeness (QED) is 0.718. The fraction of sp³-hybridized carbons (Fsp3) is 0.250. The van der Waals surface area contributed by atoms with Gasteiger partial charge in [-0.3, -0.25) is 9.59 Å². The van der Waals surface area contributed by atoms with Gasteiger partial charge in [0.05, 0.1) is 25.7 Å². The van der Waals surface area contributed by atoms with Gasteiger partial charge in [-0.25, -0.2) is 4.79 Å². The van der Waals surface area contributed by atoms with E-state index in [1.165, 1.54) is 19.2 Å². The molecule has 0 aliphatic heterocycles. The topological polar surface area (TPSA) is 90.9 Å². The van der Waals surface area contributed by atoms with Crippen molar-refractivity contribution >= 4 is 23.5 Å². The summed E-state index contributed by atoms with van der Waals surface area (Å²) in [6.07, 6.45) is 0.0371. The van der Waals surface area contributed by atoms with Crippen LogP contribution in [0.25, 0.3) is 0 Å². The maximum atomic E-state index is 11.8. The third kappa shape index (κ3) is 6.47. The molecule has 0 spiro atoms. The Balaban J connectivity index is 1.69. The minimum Gasteiger partial charge on any atom is -0.493 e. The van der Waals surface area contributed by atoms with Crippen molar-refractivity contribution in [2.45, 2.75) is 13.3 Å². The molecule has 1 N–H and O–H groups in total. The Kier molecular flexibility index (Phi) is 7.37. The molecule has 0 unspecified atom stereocenters. The molecular formula is C20H21NO6. The Morgan fingerprint density at radius 1 is 1.00 bits per heavy atom. The van der Waals surface area contributed by atoms with Crippen LogP contribution in [0.2, 0.25) is 0 Å². The molecule has 27 heavy (non-hydrogen) atoms. The van der Waals surface area contributed by atoms with E-state index in [0.29, 0.717) is 17.0 Å². The van der Waals surface area contributed by atoms with Crippen molar-refractivity contribution in [3.8, 4) is 5.75 Å². The van der Waals surface area contributed by atoms with Crippen LogP contribution >= 0.6 is 0 Å². The first-order valence-electron chi connectivity index (χ1n) is 8.32. The van der Waals surface area contributed by atoms with Gasteiger partial charge < -0.3 is 19.5 Å². The SMILES string of the molecule is COC(=O)c1ccc(NC(=O)COC(=O)CCOc2ccccc2C)cc1. The zero-order chi connectivity index (χ0) is 19.6. The number of carbonyl (C=O) groups is 3. The molecule has 142 valence electrons. The Morgan fingerprint density at radius 2 is 1.70 bits per heavy atom. The number of rotatable bonds is 8. The molecule has 0 aromatic heterocycles. The summed E-state index contributed by atoms with van der Waals surface area (Å²) in [5.41, 5.74) is 1.82. The largest absolute Gasteiger partial charge is 0.493 e. The lowest BCUT2D eigenvalue weighted by atomic mass is 10.2. The molecule has 0 atom stereocenters. The summed E-state index contributed by atoms with van der Waals surface area (Å²) in [5, 5.41) is 2.57. The first-order chi connectivity index (χ1) is 13.0. The second-order valence-electron chi connectivity index (χ2n) is 5.64. The van der Waals surface area contributed by atoms with Gasteiger partial charge in [0, 0.05) is 5.69 Å². The van der Waals surface area contributed by atoms with Crippen LogP contribution in [0.3, 0.4) is 0 Å². The summed E-state index contributed by atoms with van der Waals surface area (Å²) in [6.45, 7) is 1.68. The molecule has 2 rings (SSSR count). The van der Waals surface area contributed by atoms with Crippen LogP contribution < -0.4 is 10.1 Å². The number of ether oxygens (including phenoxy) is 3. The van der Waals surface area contributed by atoms with Crippen molar-refractivity contribution in [1.82, 2.24) is 0 Å². The van der Waals surface area contributed by atoms with E-state index in [9.17, 15) is 14.4 Å². The summed E-state index contributed by atoms with van der Waals surface area (Å²) in [4.78, 5) is 34.9. The summed E-state index contributed by atoms with van der Waals surface area (Å²) in [6, 6.07) is 13.6. The number of hydrogen-bond acceptors (Lipinski definition) is 6. The lowest BCUT2D eigenvalue weighted by Gasteiger charge is -2.09. The van der Waals surface area contributed by atoms with Crippen molar-refractivity contribution < 1.29 is 28.6 Å². The predicted molar refractivity (Wildman–Crippen MR) is 98.7 cm³/mol. The average Bonchev–Trinajstić information content (AvgIpc) is 2.68. The molecule has 7 heteroatoms. The molecule has 0 aliphatic rings. The Morgan fingerprint density at radius 3 is 2.37 bits per heavy atom. The molecule has 0 saturated carbocycles. The molecule has 2 aromatic rings. The van der Waals surface area contributed by atoms with Crippen LogP contribution in [-0.4, -0.2) is 38.2 Å². The van der Waals surface area contributed by atoms with E-state index in [0.717, 1.165) is 5.56 Å². The first-order valence-corrected chi connectivity index (χ1v) is 8.32. The lowest BCUT2D eigenvalue weighted by Crippen LogP contribution is -2.21. The Bertz CT molecular complexity index is 800. The number of aryl methyl sites for hydroxylation is 1. The number of nitrogens with one attached hydrogen (secondary N) is 1. The smallest absolute Gasteiger partial charge is 0.337 e. The highest BCUT2D eigenvalue weighted by molar-refractivity contribution is 5.94. The monoisotopic (exact) mass is 371 g/mol. The Hall–Kier alpha value is -3.35. The fourth-order valence-electron chi connectivity index (χ4n) is 2.19. The highest BCUT2D eigenvalue weighted by atomic mass is 16.5. The van der Waals surface area contributed by atoms with Crippen molar-refractivity contribution in [2.75, 3.05) is 25.6 Å². The number of benzene rings is 2. The molecular weight excluding hydrogens is 350 g/mol. The van der Waals surface area contributed by atoms with Gasteiger partial charge in [-0.05, 0) is 42.8 Å². The Labute approximate surface area is 157 Å². The van der Waals surface area contributed by atoms with Crippen molar-refractivity contribution in [2.24, 2.45) is 0 Å². The van der Waals surface area contributed by atoms with E-state index in [4.69, 9.17) is 9.47 Å². The van der Waals surface area contributed by atoms with Crippen LogP contribution in [0, 0.1) is 6.92 Å². The molecule has 0 fully saturated rings. The van der Waals surface area contributed by atoms with Crippen molar-refractivity contribution in [3.05, 3.63) is 59.7 Å². The van der Waals surface area contributed by atoms with Gasteiger partial charge in [-0.15, -0.1) is 0 Å². The first kappa shape index (κ1) is 20.0. The molecule has 0 heterocycles. The highest BCUT2D eigenvalue weighted by Gasteiger charge is 2.10. The maximum Gasteiger partial charge on any atom is 0.337 e. The lowest BCUT2D eigenvalue weighted by molar-refractivity contribution is -0.147. The summed E-state index contributed by atoms with van der Waals surface area (Å²) in [7, 11) is 1.29. The molecule has 0 radical (unpaired) electrons. The number of para-hydroxylation sites is 1. The van der Waals surface area contributed by atoms with E-state index < -0.39 is 24.5 Å². The van der Waals surface area contributed by atoms with Gasteiger partial charge in [0.25, 0.3) is 5.91 Å². The van der Waals surface area contributed by atoms with Crippen molar-refractivity contribution in [1.29, 1.82) is 0 Å². The number of carbonyl (C=O) groups excluding carboxylic acids is 3. The van der Waals surface area contributed by atoms with Crippen LogP contribution in [0.5, 0.6) is 5.75 Å². The van der Waals surface area contributed by atoms with Crippen LogP contribution in [0.15, 0.2) is 48.5 Å². The van der Waals surface area contributed by atoms with E-state index in [2.05, 4.69) is 10.1 Å². The van der Waals surface area contributed by atoms with E-state index in [1.807, 2.05) is 31.2 Å². The minimum atomic E-state index is -0.528. The van der Waals surface area contributed by atoms with Gasteiger partial charge in [0.2, 0.25) is 0 Å². The van der Waals surface area contributed by atoms with Gasteiger partial charge in [-0.1, -0.05) is 18.2 Å². The fourth-order valence-corrected chi connectivity index (χ4v) is 2.19. The van der Waals surface area contributed by atoms with Gasteiger partial charge in [-0.2, -0.15) is 0 Å². The normalized spacial score (nSPS) is 10.0. The number of hydrogen-bond donors (Lipinski definition) is 1. The maximum absolute atomic E-state index is 11.8. The van der Waals surface area contributed by atoms with E-state index in [-0.39, 0.29) is 13.0 Å². The molecule has 0 aliphatic carbocycles. The molecule has 1 amide bonds. The van der Waals surface area contributed by atoms with Gasteiger partial charge >= 0.3 is 11.9 Å². The van der Waals surface area contributed by atoms with Crippen LogP contribution in [0.1, 0.15) is 22.3 Å². The average molecular weight is 371 g/mol. The number of esters is 2. The second-order valence-corrected chi connectivity index (χ2v) is 5.64. The minimum absolute atomic E-state index is 0.0371. The molecule has 0 bridgehead atoms. The summed E-state index contributed by atoms with van der Waals surface area (Å²) in [5.74, 6) is -0.762. The summed E-state index contributed by atoms with van der Waals surface area (Å²) >= 11 is 0. The number of methoxy groups -OCH3 is 1.